The smallest absolute Gasteiger partial charge is 0.126 e. The first-order chi connectivity index (χ1) is 9.49. The molecular weight excluding hydrogens is 260 g/mol. The second-order valence-electron chi connectivity index (χ2n) is 5.82. The number of benzene rings is 1. The number of rotatable bonds is 7. The van der Waals surface area contributed by atoms with Crippen LogP contribution in [0.2, 0.25) is 18.1 Å². The molecule has 0 aliphatic heterocycles. The molecule has 0 aromatic heterocycles. The highest BCUT2D eigenvalue weighted by Gasteiger charge is 2.04. The lowest BCUT2D eigenvalue weighted by Crippen LogP contribution is -2.08. The SMILES string of the molecule is CC(C)=O.CC[SiH](CC)CCCCc1ccc(C)cc1. The Morgan fingerprint density at radius 1 is 1.00 bits per heavy atom. The van der Waals surface area contributed by atoms with Gasteiger partial charge >= 0.3 is 0 Å². The van der Waals surface area contributed by atoms with Crippen LogP contribution in [0.4, 0.5) is 0 Å². The fourth-order valence-electron chi connectivity index (χ4n) is 2.21. The van der Waals surface area contributed by atoms with E-state index in [4.69, 9.17) is 0 Å². The van der Waals surface area contributed by atoms with Crippen LogP contribution >= 0.6 is 0 Å². The van der Waals surface area contributed by atoms with Crippen LogP contribution < -0.4 is 0 Å². The Morgan fingerprint density at radius 2 is 1.50 bits per heavy atom. The third-order valence-corrected chi connectivity index (χ3v) is 7.14. The highest BCUT2D eigenvalue weighted by molar-refractivity contribution is 6.58. The summed E-state index contributed by atoms with van der Waals surface area (Å²) in [6, 6.07) is 13.5. The van der Waals surface area contributed by atoms with Gasteiger partial charge in [-0.2, -0.15) is 0 Å². The van der Waals surface area contributed by atoms with Crippen molar-refractivity contribution in [2.75, 3.05) is 0 Å². The molecule has 114 valence electrons. The standard InChI is InChI=1S/C15H26Si.C3H6O/c1-4-16(5-2)13-7-6-8-15-11-9-14(3)10-12-15;1-3(2)4/h9-12,16H,4-8,13H2,1-3H3;1-2H3. The molecule has 0 aliphatic rings. The van der Waals surface area contributed by atoms with Crippen molar-refractivity contribution >= 4 is 14.6 Å². The van der Waals surface area contributed by atoms with Crippen molar-refractivity contribution in [1.29, 1.82) is 0 Å². The fourth-order valence-corrected chi connectivity index (χ4v) is 4.47. The first-order valence-corrected chi connectivity index (χ1v) is 10.5. The number of aryl methyl sites for hydroxylation is 2. The second kappa shape index (κ2) is 11.9. The molecule has 0 saturated heterocycles. The van der Waals surface area contributed by atoms with Crippen LogP contribution in [-0.4, -0.2) is 14.6 Å². The first kappa shape index (κ1) is 19.1. The van der Waals surface area contributed by atoms with Crippen LogP contribution in [0.1, 0.15) is 51.7 Å². The predicted molar refractivity (Wildman–Crippen MR) is 93.4 cm³/mol. The molecule has 1 nitrogen and oxygen atoms in total. The van der Waals surface area contributed by atoms with Crippen molar-refractivity contribution in [2.24, 2.45) is 0 Å². The van der Waals surface area contributed by atoms with E-state index < -0.39 is 0 Å². The summed E-state index contributed by atoms with van der Waals surface area (Å²) in [4.78, 5) is 9.44. The van der Waals surface area contributed by atoms with Crippen molar-refractivity contribution in [1.82, 2.24) is 0 Å². The van der Waals surface area contributed by atoms with Gasteiger partial charge in [0.05, 0.1) is 0 Å². The Labute approximate surface area is 127 Å². The molecule has 0 bridgehead atoms. The van der Waals surface area contributed by atoms with Crippen molar-refractivity contribution < 1.29 is 4.79 Å². The van der Waals surface area contributed by atoms with Crippen LogP contribution in [0, 0.1) is 6.92 Å². The van der Waals surface area contributed by atoms with E-state index in [9.17, 15) is 4.79 Å². The van der Waals surface area contributed by atoms with Gasteiger partial charge in [-0.15, -0.1) is 0 Å². The van der Waals surface area contributed by atoms with E-state index in [1.165, 1.54) is 56.3 Å². The summed E-state index contributed by atoms with van der Waals surface area (Å²) in [5, 5.41) is 0. The quantitative estimate of drug-likeness (QED) is 0.500. The Kier molecular flexibility index (Phi) is 11.4. The molecule has 0 N–H and O–H groups in total. The Bertz CT molecular complexity index is 348. The number of unbranched alkanes of at least 4 members (excludes halogenated alkanes) is 1. The Hall–Kier alpha value is -0.893. The largest absolute Gasteiger partial charge is 0.300 e. The topological polar surface area (TPSA) is 17.1 Å². The van der Waals surface area contributed by atoms with Crippen molar-refractivity contribution in [2.45, 2.75) is 72.0 Å². The van der Waals surface area contributed by atoms with E-state index in [0.717, 1.165) is 0 Å². The number of hydrogen-bond acceptors (Lipinski definition) is 1. The summed E-state index contributed by atoms with van der Waals surface area (Å²) in [6.45, 7) is 9.96. The Balaban J connectivity index is 0.000000796. The summed E-state index contributed by atoms with van der Waals surface area (Å²) in [6.07, 6.45) is 4.10. The molecule has 0 heterocycles. The zero-order valence-corrected chi connectivity index (χ0v) is 15.2. The fraction of sp³-hybridized carbons (Fsp3) is 0.611. The number of carbonyl (C=O) groups is 1. The zero-order valence-electron chi connectivity index (χ0n) is 14.0. The minimum Gasteiger partial charge on any atom is -0.300 e. The van der Waals surface area contributed by atoms with Gasteiger partial charge in [0.25, 0.3) is 0 Å². The van der Waals surface area contributed by atoms with Crippen molar-refractivity contribution in [3.63, 3.8) is 0 Å². The molecule has 1 aromatic carbocycles. The predicted octanol–water partition coefficient (Wildman–Crippen LogP) is 5.18. The maximum atomic E-state index is 9.44. The highest BCUT2D eigenvalue weighted by Crippen LogP contribution is 2.12. The van der Waals surface area contributed by atoms with Crippen LogP contribution in [-0.2, 0) is 11.2 Å². The lowest BCUT2D eigenvalue weighted by atomic mass is 10.1. The average molecular weight is 293 g/mol. The summed E-state index contributed by atoms with van der Waals surface area (Å²) in [5.74, 6) is 0.167. The van der Waals surface area contributed by atoms with E-state index in [1.54, 1.807) is 6.04 Å². The number of ketones is 1. The average Bonchev–Trinajstić information content (AvgIpc) is 2.40. The van der Waals surface area contributed by atoms with Gasteiger partial charge in [0.1, 0.15) is 5.78 Å². The van der Waals surface area contributed by atoms with Gasteiger partial charge in [-0.3, -0.25) is 0 Å². The van der Waals surface area contributed by atoms with E-state index in [2.05, 4.69) is 45.0 Å². The lowest BCUT2D eigenvalue weighted by Gasteiger charge is -2.09. The monoisotopic (exact) mass is 292 g/mol. The Morgan fingerprint density at radius 3 is 1.95 bits per heavy atom. The molecular formula is C18H32OSi. The lowest BCUT2D eigenvalue weighted by molar-refractivity contribution is -0.114. The van der Waals surface area contributed by atoms with Gasteiger partial charge in [0.15, 0.2) is 0 Å². The van der Waals surface area contributed by atoms with Crippen molar-refractivity contribution in [3.05, 3.63) is 35.4 Å². The molecule has 0 radical (unpaired) electrons. The van der Waals surface area contributed by atoms with Gasteiger partial charge in [-0.25, -0.2) is 0 Å². The number of hydrogen-bond donors (Lipinski definition) is 0. The van der Waals surface area contributed by atoms with Gasteiger partial charge in [0.2, 0.25) is 0 Å². The molecule has 1 aromatic rings. The number of Topliss-reactive ketones (excluding diaryl/α,β-unsaturated/α-hetero) is 1. The van der Waals surface area contributed by atoms with Crippen LogP contribution in [0.25, 0.3) is 0 Å². The van der Waals surface area contributed by atoms with Gasteiger partial charge < -0.3 is 4.79 Å². The molecule has 0 unspecified atom stereocenters. The molecule has 0 saturated carbocycles. The van der Waals surface area contributed by atoms with Gasteiger partial charge in [-0.1, -0.05) is 68.2 Å². The minimum absolute atomic E-state index is 0.167. The second-order valence-corrected chi connectivity index (χ2v) is 9.76. The van der Waals surface area contributed by atoms with Crippen LogP contribution in [0.3, 0.4) is 0 Å². The molecule has 0 spiro atoms. The molecule has 0 atom stereocenters. The molecule has 20 heavy (non-hydrogen) atoms. The summed E-state index contributed by atoms with van der Waals surface area (Å²) in [5.41, 5.74) is 2.88. The molecule has 0 amide bonds. The van der Waals surface area contributed by atoms with E-state index >= 15 is 0 Å². The van der Waals surface area contributed by atoms with Crippen molar-refractivity contribution in [3.8, 4) is 0 Å². The van der Waals surface area contributed by atoms with E-state index in [1.807, 2.05) is 0 Å². The summed E-state index contributed by atoms with van der Waals surface area (Å²) in [7, 11) is -0.326. The minimum atomic E-state index is -0.326. The first-order valence-electron chi connectivity index (χ1n) is 8.02. The van der Waals surface area contributed by atoms with E-state index in [-0.39, 0.29) is 14.6 Å². The molecule has 1 rings (SSSR count). The zero-order chi connectivity index (χ0) is 15.4. The summed E-state index contributed by atoms with van der Waals surface area (Å²) < 4.78 is 0. The maximum absolute atomic E-state index is 9.44. The third kappa shape index (κ3) is 11.0. The normalized spacial score (nSPS) is 10.1. The van der Waals surface area contributed by atoms with Gasteiger partial charge in [-0.05, 0) is 39.2 Å². The van der Waals surface area contributed by atoms with E-state index in [0.29, 0.717) is 0 Å². The number of carbonyl (C=O) groups excluding carboxylic acids is 1. The summed E-state index contributed by atoms with van der Waals surface area (Å²) >= 11 is 0. The molecule has 0 fully saturated rings. The van der Waals surface area contributed by atoms with Crippen LogP contribution in [0.15, 0.2) is 24.3 Å². The molecule has 0 aliphatic carbocycles. The maximum Gasteiger partial charge on any atom is 0.126 e. The highest BCUT2D eigenvalue weighted by atomic mass is 28.3. The third-order valence-electron chi connectivity index (χ3n) is 3.60. The molecule has 2 heteroatoms. The van der Waals surface area contributed by atoms with Gasteiger partial charge in [0, 0.05) is 8.80 Å². The van der Waals surface area contributed by atoms with Crippen LogP contribution in [0.5, 0.6) is 0 Å².